The van der Waals surface area contributed by atoms with Gasteiger partial charge in [0.05, 0.1) is 5.69 Å². The van der Waals surface area contributed by atoms with Crippen LogP contribution in [0.3, 0.4) is 0 Å². The van der Waals surface area contributed by atoms with Gasteiger partial charge in [-0.3, -0.25) is 19.4 Å². The SMILES string of the molecule is CCCN(C(=O)C1=NN(c2ccccc2)C(C(N)=O)C1)C(C)C(=O)Nc1ccccc1. The number of benzene rings is 2. The molecule has 3 N–H and O–H groups in total. The van der Waals surface area contributed by atoms with Crippen molar-refractivity contribution in [3.05, 3.63) is 60.7 Å². The molecule has 2 aromatic rings. The van der Waals surface area contributed by atoms with Crippen molar-refractivity contribution in [1.29, 1.82) is 0 Å². The maximum atomic E-state index is 13.3. The van der Waals surface area contributed by atoms with Crippen LogP contribution in [0.5, 0.6) is 0 Å². The zero-order valence-corrected chi connectivity index (χ0v) is 17.7. The first-order valence-electron chi connectivity index (χ1n) is 10.3. The molecule has 1 aliphatic heterocycles. The van der Waals surface area contributed by atoms with E-state index >= 15 is 0 Å². The van der Waals surface area contributed by atoms with E-state index in [1.807, 2.05) is 43.3 Å². The topological polar surface area (TPSA) is 108 Å². The van der Waals surface area contributed by atoms with Gasteiger partial charge in [-0.05, 0) is 37.6 Å². The Bertz CT molecular complexity index is 962. The molecule has 1 heterocycles. The third-order valence-electron chi connectivity index (χ3n) is 5.12. The molecule has 0 radical (unpaired) electrons. The smallest absolute Gasteiger partial charge is 0.270 e. The molecule has 162 valence electrons. The van der Waals surface area contributed by atoms with Gasteiger partial charge in [0.25, 0.3) is 5.91 Å². The number of anilines is 2. The molecule has 8 heteroatoms. The first-order chi connectivity index (χ1) is 14.9. The number of amides is 3. The average Bonchev–Trinajstić information content (AvgIpc) is 3.24. The van der Waals surface area contributed by atoms with Crippen LogP contribution in [-0.4, -0.2) is 47.0 Å². The minimum atomic E-state index is -0.752. The lowest BCUT2D eigenvalue weighted by Crippen LogP contribution is -2.48. The molecule has 0 spiro atoms. The minimum absolute atomic E-state index is 0.0936. The van der Waals surface area contributed by atoms with E-state index in [0.717, 1.165) is 0 Å². The largest absolute Gasteiger partial charge is 0.368 e. The van der Waals surface area contributed by atoms with Crippen LogP contribution in [0.15, 0.2) is 65.8 Å². The molecule has 0 aliphatic carbocycles. The summed E-state index contributed by atoms with van der Waals surface area (Å²) in [5, 5.41) is 8.73. The van der Waals surface area contributed by atoms with E-state index in [4.69, 9.17) is 5.73 Å². The third kappa shape index (κ3) is 5.09. The van der Waals surface area contributed by atoms with Gasteiger partial charge in [-0.1, -0.05) is 43.3 Å². The van der Waals surface area contributed by atoms with Gasteiger partial charge in [0.2, 0.25) is 11.8 Å². The molecule has 0 fully saturated rings. The second-order valence-electron chi connectivity index (χ2n) is 7.38. The lowest BCUT2D eigenvalue weighted by molar-refractivity contribution is -0.132. The summed E-state index contributed by atoms with van der Waals surface area (Å²) in [4.78, 5) is 39.6. The number of primary amides is 1. The summed E-state index contributed by atoms with van der Waals surface area (Å²) in [6.07, 6.45) is 0.764. The van der Waals surface area contributed by atoms with Crippen LogP contribution in [0, 0.1) is 0 Å². The Balaban J connectivity index is 1.81. The van der Waals surface area contributed by atoms with Gasteiger partial charge in [0.15, 0.2) is 0 Å². The normalized spacial score (nSPS) is 16.4. The second-order valence-corrected chi connectivity index (χ2v) is 7.38. The summed E-state index contributed by atoms with van der Waals surface area (Å²) < 4.78 is 0. The Labute approximate surface area is 181 Å². The molecule has 3 amide bonds. The van der Waals surface area contributed by atoms with Crippen molar-refractivity contribution in [2.24, 2.45) is 10.8 Å². The molecule has 2 unspecified atom stereocenters. The lowest BCUT2D eigenvalue weighted by atomic mass is 10.1. The highest BCUT2D eigenvalue weighted by Gasteiger charge is 2.38. The fraction of sp³-hybridized carbons (Fsp3) is 0.304. The molecule has 8 nitrogen and oxygen atoms in total. The van der Waals surface area contributed by atoms with Crippen molar-refractivity contribution >= 4 is 34.8 Å². The van der Waals surface area contributed by atoms with Gasteiger partial charge in [-0.25, -0.2) is 0 Å². The van der Waals surface area contributed by atoms with Crippen molar-refractivity contribution in [2.45, 2.75) is 38.8 Å². The first kappa shape index (κ1) is 22.0. The number of rotatable bonds is 8. The Hall–Kier alpha value is -3.68. The van der Waals surface area contributed by atoms with Crippen LogP contribution in [0.4, 0.5) is 11.4 Å². The molecule has 0 bridgehead atoms. The van der Waals surface area contributed by atoms with Crippen LogP contribution in [0.1, 0.15) is 26.7 Å². The third-order valence-corrected chi connectivity index (χ3v) is 5.12. The van der Waals surface area contributed by atoms with Gasteiger partial charge in [0, 0.05) is 18.7 Å². The first-order valence-corrected chi connectivity index (χ1v) is 10.3. The number of hydrogen-bond donors (Lipinski definition) is 2. The number of nitrogens with zero attached hydrogens (tertiary/aromatic N) is 3. The standard InChI is InChI=1S/C23H27N5O3/c1-3-14-27(16(2)22(30)25-17-10-6-4-7-11-17)23(31)19-15-20(21(24)29)28(26-19)18-12-8-5-9-13-18/h4-13,16,20H,3,14-15H2,1-2H3,(H2,24,29)(H,25,30). The van der Waals surface area contributed by atoms with Gasteiger partial charge in [-0.2, -0.15) is 5.10 Å². The molecule has 0 saturated heterocycles. The zero-order valence-electron chi connectivity index (χ0n) is 17.7. The molecule has 3 rings (SSSR count). The number of hydrazone groups is 1. The maximum absolute atomic E-state index is 13.3. The Kier molecular flexibility index (Phi) is 7.02. The number of carbonyl (C=O) groups excluding carboxylic acids is 3. The van der Waals surface area contributed by atoms with Crippen molar-refractivity contribution in [3.8, 4) is 0 Å². The van der Waals surface area contributed by atoms with Crippen LogP contribution in [-0.2, 0) is 14.4 Å². The zero-order chi connectivity index (χ0) is 22.4. The number of nitrogens with two attached hydrogens (primary N) is 1. The van der Waals surface area contributed by atoms with Gasteiger partial charge >= 0.3 is 0 Å². The number of nitrogens with one attached hydrogen (secondary N) is 1. The number of para-hydroxylation sites is 2. The highest BCUT2D eigenvalue weighted by Crippen LogP contribution is 2.25. The van der Waals surface area contributed by atoms with Gasteiger partial charge in [0.1, 0.15) is 17.8 Å². The second kappa shape index (κ2) is 9.88. The predicted molar refractivity (Wildman–Crippen MR) is 120 cm³/mol. The quantitative estimate of drug-likeness (QED) is 0.682. The summed E-state index contributed by atoms with van der Waals surface area (Å²) in [5.41, 5.74) is 7.11. The monoisotopic (exact) mass is 421 g/mol. The lowest BCUT2D eigenvalue weighted by Gasteiger charge is -2.28. The minimum Gasteiger partial charge on any atom is -0.368 e. The van der Waals surface area contributed by atoms with Gasteiger partial charge in [-0.15, -0.1) is 0 Å². The summed E-state index contributed by atoms with van der Waals surface area (Å²) >= 11 is 0. The number of hydrogen-bond acceptors (Lipinski definition) is 5. The van der Waals surface area contributed by atoms with Crippen LogP contribution in [0.2, 0.25) is 0 Å². The fourth-order valence-electron chi connectivity index (χ4n) is 3.47. The maximum Gasteiger partial charge on any atom is 0.270 e. The van der Waals surface area contributed by atoms with Crippen molar-refractivity contribution < 1.29 is 14.4 Å². The molecular formula is C23H27N5O3. The molecular weight excluding hydrogens is 394 g/mol. The van der Waals surface area contributed by atoms with E-state index in [9.17, 15) is 14.4 Å². The van der Waals surface area contributed by atoms with Crippen LogP contribution >= 0.6 is 0 Å². The van der Waals surface area contributed by atoms with Crippen molar-refractivity contribution in [2.75, 3.05) is 16.9 Å². The average molecular weight is 422 g/mol. The molecule has 1 aliphatic rings. The van der Waals surface area contributed by atoms with E-state index in [1.165, 1.54) is 9.91 Å². The van der Waals surface area contributed by atoms with Crippen LogP contribution in [0.25, 0.3) is 0 Å². The number of carbonyl (C=O) groups is 3. The van der Waals surface area contributed by atoms with E-state index in [1.54, 1.807) is 31.2 Å². The van der Waals surface area contributed by atoms with Gasteiger partial charge < -0.3 is 16.0 Å². The van der Waals surface area contributed by atoms with E-state index in [-0.39, 0.29) is 23.9 Å². The van der Waals surface area contributed by atoms with E-state index in [0.29, 0.717) is 24.3 Å². The van der Waals surface area contributed by atoms with Crippen molar-refractivity contribution in [1.82, 2.24) is 4.90 Å². The van der Waals surface area contributed by atoms with Crippen molar-refractivity contribution in [3.63, 3.8) is 0 Å². The Morgan fingerprint density at radius 1 is 1.13 bits per heavy atom. The van der Waals surface area contributed by atoms with E-state index < -0.39 is 18.0 Å². The molecule has 2 atom stereocenters. The van der Waals surface area contributed by atoms with E-state index in [2.05, 4.69) is 10.4 Å². The van der Waals surface area contributed by atoms with Crippen LogP contribution < -0.4 is 16.1 Å². The highest BCUT2D eigenvalue weighted by atomic mass is 16.2. The molecule has 31 heavy (non-hydrogen) atoms. The summed E-state index contributed by atoms with van der Waals surface area (Å²) in [6, 6.07) is 16.7. The molecule has 0 aromatic heterocycles. The highest BCUT2D eigenvalue weighted by molar-refractivity contribution is 6.40. The predicted octanol–water partition coefficient (Wildman–Crippen LogP) is 2.37. The fourth-order valence-corrected chi connectivity index (χ4v) is 3.47. The molecule has 0 saturated carbocycles. The summed E-state index contributed by atoms with van der Waals surface area (Å²) in [5.74, 6) is -1.23. The summed E-state index contributed by atoms with van der Waals surface area (Å²) in [6.45, 7) is 4.00. The Morgan fingerprint density at radius 2 is 1.74 bits per heavy atom. The summed E-state index contributed by atoms with van der Waals surface area (Å²) in [7, 11) is 0. The molecule has 2 aromatic carbocycles. The Morgan fingerprint density at radius 3 is 2.32 bits per heavy atom.